The van der Waals surface area contributed by atoms with Gasteiger partial charge in [-0.1, -0.05) is 0 Å². The van der Waals surface area contributed by atoms with Crippen molar-refractivity contribution in [1.82, 2.24) is 0 Å². The van der Waals surface area contributed by atoms with Crippen molar-refractivity contribution in [3.05, 3.63) is 33.3 Å². The highest BCUT2D eigenvalue weighted by molar-refractivity contribution is 7.91. The van der Waals surface area contributed by atoms with Crippen LogP contribution in [-0.2, 0) is 25.8 Å². The second-order valence-corrected chi connectivity index (χ2v) is 8.91. The Hall–Kier alpha value is -1.22. The second-order valence-electron chi connectivity index (χ2n) is 5.06. The molecule has 0 spiro atoms. The Balaban J connectivity index is 1.71. The van der Waals surface area contributed by atoms with Crippen LogP contribution in [-0.4, -0.2) is 27.2 Å². The van der Waals surface area contributed by atoms with E-state index in [1.807, 2.05) is 5.38 Å². The van der Waals surface area contributed by atoms with Gasteiger partial charge < -0.3 is 10.1 Å². The van der Waals surface area contributed by atoms with Crippen molar-refractivity contribution in [3.8, 4) is 0 Å². The van der Waals surface area contributed by atoms with Gasteiger partial charge >= 0.3 is 0 Å². The Labute approximate surface area is 136 Å². The number of amides is 1. The first kappa shape index (κ1) is 15.7. The van der Waals surface area contributed by atoms with Gasteiger partial charge in [-0.15, -0.1) is 22.7 Å². The molecule has 1 amide bonds. The molecule has 2 aromatic heterocycles. The topological polar surface area (TPSA) is 72.5 Å². The van der Waals surface area contributed by atoms with Crippen molar-refractivity contribution >= 4 is 43.4 Å². The van der Waals surface area contributed by atoms with Gasteiger partial charge in [0.05, 0.1) is 13.0 Å². The molecule has 0 saturated heterocycles. The third-order valence-corrected chi connectivity index (χ3v) is 6.57. The van der Waals surface area contributed by atoms with E-state index in [4.69, 9.17) is 4.74 Å². The molecular formula is C14H15NO4S3. The van der Waals surface area contributed by atoms with Gasteiger partial charge in [0.15, 0.2) is 9.84 Å². The highest BCUT2D eigenvalue weighted by Crippen LogP contribution is 2.34. The number of nitrogens with one attached hydrogen (secondary N) is 1. The maximum absolute atomic E-state index is 12.2. The number of ether oxygens (including phenoxy) is 1. The molecule has 8 heteroatoms. The molecule has 0 saturated carbocycles. The standard InChI is InChI=1S/C14H15NO4S3/c1-22(17,18)11-4-7-21-14(11)15-12(16)8-10-13-9(2-5-19-10)3-6-20-13/h3-4,6-7,10H,2,5,8H2,1H3,(H,15,16)/t10-/m1/s1. The van der Waals surface area contributed by atoms with Crippen molar-refractivity contribution in [2.24, 2.45) is 0 Å². The summed E-state index contributed by atoms with van der Waals surface area (Å²) >= 11 is 2.80. The fourth-order valence-corrected chi connectivity index (χ4v) is 5.49. The first-order valence-corrected chi connectivity index (χ1v) is 10.4. The summed E-state index contributed by atoms with van der Waals surface area (Å²) in [6.45, 7) is 0.606. The third-order valence-electron chi connectivity index (χ3n) is 3.42. The Morgan fingerprint density at radius 3 is 2.91 bits per heavy atom. The van der Waals surface area contributed by atoms with Crippen molar-refractivity contribution in [3.63, 3.8) is 0 Å². The predicted molar refractivity (Wildman–Crippen MR) is 87.4 cm³/mol. The maximum Gasteiger partial charge on any atom is 0.228 e. The largest absolute Gasteiger partial charge is 0.372 e. The van der Waals surface area contributed by atoms with Gasteiger partial charge in [0.2, 0.25) is 5.91 Å². The molecule has 0 fully saturated rings. The summed E-state index contributed by atoms with van der Waals surface area (Å²) in [5.41, 5.74) is 1.24. The van der Waals surface area contributed by atoms with Crippen molar-refractivity contribution in [1.29, 1.82) is 0 Å². The normalized spacial score (nSPS) is 18.0. The molecule has 1 N–H and O–H groups in total. The summed E-state index contributed by atoms with van der Waals surface area (Å²) in [6.07, 6.45) is 1.95. The highest BCUT2D eigenvalue weighted by atomic mass is 32.2. The van der Waals surface area contributed by atoms with Crippen LogP contribution in [0.5, 0.6) is 0 Å². The van der Waals surface area contributed by atoms with Crippen LogP contribution in [0.2, 0.25) is 0 Å². The molecule has 3 rings (SSSR count). The number of thiophene rings is 2. The molecule has 0 bridgehead atoms. The van der Waals surface area contributed by atoms with E-state index >= 15 is 0 Å². The van der Waals surface area contributed by atoms with E-state index in [9.17, 15) is 13.2 Å². The van der Waals surface area contributed by atoms with Gasteiger partial charge in [-0.2, -0.15) is 0 Å². The van der Waals surface area contributed by atoms with Crippen LogP contribution in [0.25, 0.3) is 0 Å². The van der Waals surface area contributed by atoms with Gasteiger partial charge in [0, 0.05) is 11.1 Å². The Morgan fingerprint density at radius 1 is 1.36 bits per heavy atom. The minimum Gasteiger partial charge on any atom is -0.372 e. The molecular weight excluding hydrogens is 342 g/mol. The fourth-order valence-electron chi connectivity index (χ4n) is 2.40. The van der Waals surface area contributed by atoms with Gasteiger partial charge in [0.1, 0.15) is 16.0 Å². The molecule has 118 valence electrons. The summed E-state index contributed by atoms with van der Waals surface area (Å²) in [5, 5.41) is 6.72. The monoisotopic (exact) mass is 357 g/mol. The van der Waals surface area contributed by atoms with Crippen LogP contribution in [0.15, 0.2) is 27.8 Å². The number of anilines is 1. The zero-order valence-electron chi connectivity index (χ0n) is 11.9. The lowest BCUT2D eigenvalue weighted by Gasteiger charge is -2.22. The van der Waals surface area contributed by atoms with Crippen LogP contribution in [0, 0.1) is 0 Å². The fraction of sp³-hybridized carbons (Fsp3) is 0.357. The molecule has 22 heavy (non-hydrogen) atoms. The first-order chi connectivity index (χ1) is 10.4. The smallest absolute Gasteiger partial charge is 0.228 e. The number of fused-ring (bicyclic) bond motifs is 1. The molecule has 5 nitrogen and oxygen atoms in total. The molecule has 0 aliphatic carbocycles. The number of hydrogen-bond acceptors (Lipinski definition) is 6. The predicted octanol–water partition coefficient (Wildman–Crippen LogP) is 2.86. The van der Waals surface area contributed by atoms with E-state index in [-0.39, 0.29) is 23.3 Å². The maximum atomic E-state index is 12.2. The van der Waals surface area contributed by atoms with E-state index in [1.165, 1.54) is 23.0 Å². The average Bonchev–Trinajstić information content (AvgIpc) is 3.06. The Kier molecular flexibility index (Phi) is 4.35. The average molecular weight is 357 g/mol. The summed E-state index contributed by atoms with van der Waals surface area (Å²) in [6, 6.07) is 3.57. The summed E-state index contributed by atoms with van der Waals surface area (Å²) < 4.78 is 29.0. The van der Waals surface area contributed by atoms with Crippen LogP contribution >= 0.6 is 22.7 Å². The molecule has 1 atom stereocenters. The van der Waals surface area contributed by atoms with Gasteiger partial charge in [-0.25, -0.2) is 8.42 Å². The molecule has 3 heterocycles. The third kappa shape index (κ3) is 3.24. The van der Waals surface area contributed by atoms with Crippen LogP contribution in [0.4, 0.5) is 5.00 Å². The van der Waals surface area contributed by atoms with E-state index in [1.54, 1.807) is 16.7 Å². The molecule has 2 aromatic rings. The van der Waals surface area contributed by atoms with E-state index in [0.717, 1.165) is 17.6 Å². The second kappa shape index (κ2) is 6.11. The van der Waals surface area contributed by atoms with Gasteiger partial charge in [0.25, 0.3) is 0 Å². The summed E-state index contributed by atoms with van der Waals surface area (Å²) in [4.78, 5) is 13.5. The lowest BCUT2D eigenvalue weighted by molar-refractivity contribution is -0.119. The molecule has 1 aliphatic rings. The van der Waals surface area contributed by atoms with E-state index in [0.29, 0.717) is 11.6 Å². The van der Waals surface area contributed by atoms with Gasteiger partial charge in [-0.3, -0.25) is 4.79 Å². The first-order valence-electron chi connectivity index (χ1n) is 6.70. The minimum absolute atomic E-state index is 0.159. The quantitative estimate of drug-likeness (QED) is 0.913. The van der Waals surface area contributed by atoms with E-state index < -0.39 is 9.84 Å². The van der Waals surface area contributed by atoms with Crippen LogP contribution in [0.3, 0.4) is 0 Å². The summed E-state index contributed by atoms with van der Waals surface area (Å²) in [5.74, 6) is -0.237. The Morgan fingerprint density at radius 2 is 2.14 bits per heavy atom. The van der Waals surface area contributed by atoms with Crippen molar-refractivity contribution in [2.45, 2.75) is 23.8 Å². The molecule has 0 radical (unpaired) electrons. The van der Waals surface area contributed by atoms with E-state index in [2.05, 4.69) is 11.4 Å². The SMILES string of the molecule is CS(=O)(=O)c1ccsc1NC(=O)C[C@H]1OCCc2ccsc21. The number of hydrogen-bond donors (Lipinski definition) is 1. The number of sulfone groups is 1. The van der Waals surface area contributed by atoms with Gasteiger partial charge in [-0.05, 0) is 34.9 Å². The van der Waals surface area contributed by atoms with Crippen molar-refractivity contribution in [2.75, 3.05) is 18.2 Å². The zero-order valence-corrected chi connectivity index (χ0v) is 14.3. The lowest BCUT2D eigenvalue weighted by Crippen LogP contribution is -2.21. The van der Waals surface area contributed by atoms with Crippen molar-refractivity contribution < 1.29 is 17.9 Å². The lowest BCUT2D eigenvalue weighted by atomic mass is 10.1. The number of carbonyl (C=O) groups is 1. The summed E-state index contributed by atoms with van der Waals surface area (Å²) in [7, 11) is -3.34. The Bertz CT molecular complexity index is 791. The molecule has 0 unspecified atom stereocenters. The van der Waals surface area contributed by atoms with Crippen LogP contribution in [0.1, 0.15) is 23.0 Å². The highest BCUT2D eigenvalue weighted by Gasteiger charge is 2.25. The molecule has 0 aromatic carbocycles. The van der Waals surface area contributed by atoms with Crippen LogP contribution < -0.4 is 5.32 Å². The number of carbonyl (C=O) groups excluding carboxylic acids is 1. The molecule has 1 aliphatic heterocycles. The number of rotatable bonds is 4. The minimum atomic E-state index is -3.34. The zero-order chi connectivity index (χ0) is 15.7.